The molecule has 0 bridgehead atoms. The number of hydrogen-bond acceptors (Lipinski definition) is 1. The van der Waals surface area contributed by atoms with Crippen molar-refractivity contribution in [1.82, 2.24) is 0 Å². The Morgan fingerprint density at radius 2 is 2.18 bits per heavy atom. The zero-order chi connectivity index (χ0) is 13.2. The van der Waals surface area contributed by atoms with Crippen LogP contribution in [0.4, 0.5) is 5.69 Å². The van der Waals surface area contributed by atoms with Gasteiger partial charge < -0.3 is 5.72 Å². The summed E-state index contributed by atoms with van der Waals surface area (Å²) < 4.78 is 45.0. The normalized spacial score (nSPS) is 17.2. The van der Waals surface area contributed by atoms with Gasteiger partial charge >= 0.3 is 0 Å². The van der Waals surface area contributed by atoms with E-state index in [1.165, 1.54) is 0 Å². The lowest BCUT2D eigenvalue weighted by Gasteiger charge is -1.99. The quantitative estimate of drug-likeness (QED) is 0.664. The van der Waals surface area contributed by atoms with Crippen LogP contribution in [-0.4, -0.2) is 0 Å². The third kappa shape index (κ3) is 2.62. The third-order valence-corrected chi connectivity index (χ3v) is 1.44. The maximum atomic E-state index is 7.76. The summed E-state index contributed by atoms with van der Waals surface area (Å²) in [6, 6.07) is -0.915. The Morgan fingerprint density at radius 3 is 2.73 bits per heavy atom. The molecule has 0 aromatic heterocycles. The van der Waals surface area contributed by atoms with Crippen molar-refractivity contribution in [3.63, 3.8) is 0 Å². The molecule has 0 aliphatic heterocycles. The van der Waals surface area contributed by atoms with E-state index in [1.807, 2.05) is 6.92 Å². The van der Waals surface area contributed by atoms with Gasteiger partial charge in [0, 0.05) is 5.69 Å². The Morgan fingerprint density at radius 1 is 1.45 bits per heavy atom. The smallest absolute Gasteiger partial charge is 0.156 e. The van der Waals surface area contributed by atoms with Gasteiger partial charge in [-0.05, 0) is 30.5 Å². The highest BCUT2D eigenvalue weighted by molar-refractivity contribution is 5.39. The summed E-state index contributed by atoms with van der Waals surface area (Å²) in [6.07, 6.45) is 2.19. The third-order valence-electron chi connectivity index (χ3n) is 1.44. The molecule has 1 heteroatoms. The van der Waals surface area contributed by atoms with E-state index >= 15 is 0 Å². The first kappa shape index (κ1) is 3.18. The van der Waals surface area contributed by atoms with Crippen LogP contribution in [0.2, 0.25) is 2.82 Å². The Hall–Kier alpha value is -0.980. The van der Waals surface area contributed by atoms with Crippen LogP contribution in [0, 0.1) is 0 Å². The maximum absolute atomic E-state index is 7.76. The van der Waals surface area contributed by atoms with Gasteiger partial charge in [0.25, 0.3) is 0 Å². The molecule has 0 saturated carbocycles. The lowest BCUT2D eigenvalue weighted by Crippen LogP contribution is -1.87. The van der Waals surface area contributed by atoms with Crippen LogP contribution in [-0.2, 0) is 6.42 Å². The fraction of sp³-hybridized carbons (Fsp3) is 0.400. The number of rotatable bonds is 4. The van der Waals surface area contributed by atoms with Crippen LogP contribution in [0.15, 0.2) is 24.2 Å². The van der Waals surface area contributed by atoms with E-state index in [0.717, 1.165) is 12.8 Å². The van der Waals surface area contributed by atoms with E-state index < -0.39 is 0 Å². The number of benzene rings is 1. The zero-order valence-electron chi connectivity index (χ0n) is 12.6. The molecule has 0 saturated heterocycles. The fourth-order valence-corrected chi connectivity index (χ4v) is 0.810. The van der Waals surface area contributed by atoms with Crippen LogP contribution >= 0.6 is 0 Å². The Labute approximate surface area is 76.8 Å². The summed E-state index contributed by atoms with van der Waals surface area (Å²) in [5, 5.41) is 0. The van der Waals surface area contributed by atoms with Crippen molar-refractivity contribution < 1.29 is 8.31 Å². The summed E-state index contributed by atoms with van der Waals surface area (Å²) in [6.45, 7) is 1.99. The highest BCUT2D eigenvalue weighted by Gasteiger charge is 1.90. The maximum Gasteiger partial charge on any atom is 0.156 e. The molecule has 0 radical (unpaired) electrons. The lowest BCUT2D eigenvalue weighted by molar-refractivity contribution is 0.795. The van der Waals surface area contributed by atoms with Gasteiger partial charge in [-0.3, -0.25) is 0 Å². The molecule has 0 atom stereocenters. The Balaban J connectivity index is 3.36. The van der Waals surface area contributed by atoms with E-state index in [1.54, 1.807) is 0 Å². The van der Waals surface area contributed by atoms with Crippen molar-refractivity contribution >= 4 is 5.69 Å². The number of hydrogen-bond donors (Lipinski definition) is 1. The van der Waals surface area contributed by atoms with Gasteiger partial charge in [0.05, 0.1) is 5.48 Å². The summed E-state index contributed by atoms with van der Waals surface area (Å²) in [5.74, 6) is 0. The summed E-state index contributed by atoms with van der Waals surface area (Å²) in [7, 11) is 0. The second kappa shape index (κ2) is 4.02. The molecule has 2 N–H and O–H groups in total. The molecule has 0 fully saturated rings. The highest BCUT2D eigenvalue weighted by Crippen LogP contribution is 2.08. The predicted octanol–water partition coefficient (Wildman–Crippen LogP) is 2.61. The minimum Gasteiger partial charge on any atom is -0.399 e. The summed E-state index contributed by atoms with van der Waals surface area (Å²) in [4.78, 5) is 0. The van der Waals surface area contributed by atoms with E-state index in [4.69, 9.17) is 8.31 Å². The second-order valence-electron chi connectivity index (χ2n) is 2.43. The molecule has 0 aliphatic rings. The van der Waals surface area contributed by atoms with Crippen molar-refractivity contribution in [2.75, 3.05) is 5.72 Å². The van der Waals surface area contributed by atoms with Crippen LogP contribution in [0.25, 0.3) is 0 Å². The molecular weight excluding hydrogens is 134 g/mol. The summed E-state index contributed by atoms with van der Waals surface area (Å²) in [5.41, 5.74) is 0.192. The Kier molecular flexibility index (Phi) is 1.16. The minimum atomic E-state index is -0.317. The SMILES string of the molecule is [2H]c1c([2H])c(N([2H])[2H])c([2H])c([2H])c1CCCC. The van der Waals surface area contributed by atoms with E-state index in [-0.39, 0.29) is 35.6 Å². The number of anilines is 1. The molecule has 0 amide bonds. The molecule has 0 aliphatic carbocycles. The summed E-state index contributed by atoms with van der Waals surface area (Å²) >= 11 is 0. The van der Waals surface area contributed by atoms with Gasteiger partial charge in [0.2, 0.25) is 0 Å². The average molecular weight is 155 g/mol. The second-order valence-corrected chi connectivity index (χ2v) is 2.43. The van der Waals surface area contributed by atoms with Crippen molar-refractivity contribution in [2.24, 2.45) is 0 Å². The number of unbranched alkanes of at least 4 members (excludes halogenated alkanes) is 1. The van der Waals surface area contributed by atoms with Gasteiger partial charge in [-0.15, -0.1) is 0 Å². The van der Waals surface area contributed by atoms with Gasteiger partial charge in [-0.1, -0.05) is 25.4 Å². The van der Waals surface area contributed by atoms with Crippen LogP contribution in [0.1, 0.15) is 30.8 Å². The lowest BCUT2D eigenvalue weighted by atomic mass is 10.1. The zero-order valence-corrected chi connectivity index (χ0v) is 6.57. The first-order valence-electron chi connectivity index (χ1n) is 6.68. The predicted molar refractivity (Wildman–Crippen MR) is 49.5 cm³/mol. The first-order valence-corrected chi connectivity index (χ1v) is 3.78. The standard InChI is InChI=1S/C10H15N/c1-2-3-4-9-5-7-10(11)8-6-9/h5-8H,2-4,11H2,1H3/i5D,6D,7D,8D/hD2. The highest BCUT2D eigenvalue weighted by atomic mass is 14.5. The molecule has 0 heterocycles. The molecular formula is C10H15N. The average Bonchev–Trinajstić information content (AvgIpc) is 2.26. The molecule has 1 rings (SSSR count). The number of nitrogens with two attached hydrogens (primary N) is 1. The molecule has 60 valence electrons. The molecule has 11 heavy (non-hydrogen) atoms. The molecule has 1 aromatic rings. The topological polar surface area (TPSA) is 26.0 Å². The monoisotopic (exact) mass is 155 g/mol. The van der Waals surface area contributed by atoms with Gasteiger partial charge in [-0.2, -0.15) is 0 Å². The van der Waals surface area contributed by atoms with Gasteiger partial charge in [0.1, 0.15) is 0 Å². The Bertz CT molecular complexity index is 389. The molecule has 0 spiro atoms. The molecule has 1 aromatic carbocycles. The van der Waals surface area contributed by atoms with Crippen LogP contribution < -0.4 is 5.72 Å². The van der Waals surface area contributed by atoms with Gasteiger partial charge in [-0.25, -0.2) is 0 Å². The molecule has 1 nitrogen and oxygen atoms in total. The minimum absolute atomic E-state index is 0.129. The number of nitrogen functional groups attached to an aromatic ring is 1. The van der Waals surface area contributed by atoms with Gasteiger partial charge in [0.15, 0.2) is 2.82 Å². The van der Waals surface area contributed by atoms with E-state index in [0.29, 0.717) is 12.0 Å². The van der Waals surface area contributed by atoms with E-state index in [2.05, 4.69) is 0 Å². The van der Waals surface area contributed by atoms with Crippen molar-refractivity contribution in [3.8, 4) is 0 Å². The van der Waals surface area contributed by atoms with Crippen molar-refractivity contribution in [3.05, 3.63) is 29.7 Å². The molecule has 0 unspecified atom stereocenters. The largest absolute Gasteiger partial charge is 0.399 e. The van der Waals surface area contributed by atoms with Crippen molar-refractivity contribution in [2.45, 2.75) is 26.2 Å². The van der Waals surface area contributed by atoms with Crippen molar-refractivity contribution in [1.29, 1.82) is 0 Å². The first-order chi connectivity index (χ1) is 7.91. The van der Waals surface area contributed by atoms with Crippen LogP contribution in [0.5, 0.6) is 0 Å². The van der Waals surface area contributed by atoms with E-state index in [9.17, 15) is 0 Å². The van der Waals surface area contributed by atoms with Crippen LogP contribution in [0.3, 0.4) is 0 Å². The fourth-order valence-electron chi connectivity index (χ4n) is 0.810.